The molecule has 5 atom stereocenters. The molecule has 1 aliphatic heterocycles. The van der Waals surface area contributed by atoms with Crippen LogP contribution in [0.4, 0.5) is 0 Å². The van der Waals surface area contributed by atoms with Gasteiger partial charge in [0, 0.05) is 13.0 Å². The molecule has 0 saturated carbocycles. The molecule has 0 radical (unpaired) electrons. The van der Waals surface area contributed by atoms with Crippen molar-refractivity contribution < 1.29 is 34.7 Å². The molecule has 0 aliphatic carbocycles. The molecule has 4 N–H and O–H groups in total. The number of unbranched alkanes of at least 4 members (excludes halogenated alkanes) is 2. The summed E-state index contributed by atoms with van der Waals surface area (Å²) in [7, 11) is 0. The van der Waals surface area contributed by atoms with Gasteiger partial charge in [-0.3, -0.25) is 4.79 Å². The first kappa shape index (κ1) is 18.3. The fourth-order valence-electron chi connectivity index (χ4n) is 2.26. The Morgan fingerprint density at radius 2 is 2.00 bits per heavy atom. The maximum atomic E-state index is 10.4. The summed E-state index contributed by atoms with van der Waals surface area (Å²) >= 11 is 0. The van der Waals surface area contributed by atoms with Gasteiger partial charge in [-0.15, -0.1) is 0 Å². The Bertz CT molecular complexity index is 310. The fourth-order valence-corrected chi connectivity index (χ4v) is 2.26. The van der Waals surface area contributed by atoms with E-state index in [1.54, 1.807) is 6.92 Å². The number of aliphatic carboxylic acids is 1. The van der Waals surface area contributed by atoms with Gasteiger partial charge in [-0.25, -0.2) is 0 Å². The number of carboxylic acids is 1. The summed E-state index contributed by atoms with van der Waals surface area (Å²) < 4.78 is 10.8. The lowest BCUT2D eigenvalue weighted by Crippen LogP contribution is -2.47. The van der Waals surface area contributed by atoms with Gasteiger partial charge in [-0.1, -0.05) is 12.8 Å². The van der Waals surface area contributed by atoms with E-state index in [4.69, 9.17) is 14.6 Å². The average Bonchev–Trinajstić information content (AvgIpc) is 2.38. The molecular weight excluding hydrogens is 280 g/mol. The van der Waals surface area contributed by atoms with Crippen molar-refractivity contribution in [3.63, 3.8) is 0 Å². The van der Waals surface area contributed by atoms with Crippen LogP contribution in [0.2, 0.25) is 0 Å². The zero-order valence-electron chi connectivity index (χ0n) is 12.4. The summed E-state index contributed by atoms with van der Waals surface area (Å²) in [6.07, 6.45) is -0.615. The number of hydrogen-bond acceptors (Lipinski definition) is 6. The summed E-state index contributed by atoms with van der Waals surface area (Å²) in [5.41, 5.74) is 0. The second-order valence-corrected chi connectivity index (χ2v) is 5.55. The molecule has 7 heteroatoms. The average molecular weight is 306 g/mol. The van der Waals surface area contributed by atoms with E-state index in [9.17, 15) is 20.1 Å². The first-order valence-electron chi connectivity index (χ1n) is 7.43. The molecule has 0 aromatic rings. The van der Waals surface area contributed by atoms with Gasteiger partial charge in [-0.2, -0.15) is 0 Å². The molecule has 1 heterocycles. The normalized spacial score (nSPS) is 31.0. The van der Waals surface area contributed by atoms with Crippen molar-refractivity contribution in [2.75, 3.05) is 6.61 Å². The first-order valence-corrected chi connectivity index (χ1v) is 7.43. The minimum Gasteiger partial charge on any atom is -0.481 e. The van der Waals surface area contributed by atoms with E-state index in [0.717, 1.165) is 19.3 Å². The highest BCUT2D eigenvalue weighted by atomic mass is 16.7. The van der Waals surface area contributed by atoms with E-state index >= 15 is 0 Å². The number of aliphatic hydroxyl groups excluding tert-OH is 3. The molecule has 1 saturated heterocycles. The molecule has 0 amide bonds. The van der Waals surface area contributed by atoms with Gasteiger partial charge in [0.05, 0.1) is 24.7 Å². The van der Waals surface area contributed by atoms with Gasteiger partial charge < -0.3 is 29.9 Å². The number of carbonyl (C=O) groups is 1. The molecule has 21 heavy (non-hydrogen) atoms. The Labute approximate surface area is 124 Å². The van der Waals surface area contributed by atoms with E-state index in [0.29, 0.717) is 13.0 Å². The summed E-state index contributed by atoms with van der Waals surface area (Å²) in [6.45, 7) is 2.15. The van der Waals surface area contributed by atoms with Crippen LogP contribution < -0.4 is 0 Å². The van der Waals surface area contributed by atoms with Gasteiger partial charge >= 0.3 is 5.97 Å². The van der Waals surface area contributed by atoms with Crippen molar-refractivity contribution in [3.8, 4) is 0 Å². The van der Waals surface area contributed by atoms with Gasteiger partial charge in [0.1, 0.15) is 6.10 Å². The van der Waals surface area contributed by atoms with E-state index < -0.39 is 30.6 Å². The third-order valence-electron chi connectivity index (χ3n) is 3.56. The van der Waals surface area contributed by atoms with E-state index in [1.165, 1.54) is 0 Å². The third-order valence-corrected chi connectivity index (χ3v) is 3.56. The highest BCUT2D eigenvalue weighted by Gasteiger charge is 2.34. The molecule has 7 nitrogen and oxygen atoms in total. The number of rotatable bonds is 9. The zero-order chi connectivity index (χ0) is 15.8. The standard InChI is InChI=1S/C14H26O7/c1-9-11(16)8-12(17)14(21-9)20-6-4-2-3-5-10(15)7-13(18)19/h9-12,14-17H,2-8H2,1H3,(H,18,19)/t9-,10+,11+,12+,14+/m0/s1. The topological polar surface area (TPSA) is 116 Å². The van der Waals surface area contributed by atoms with Crippen molar-refractivity contribution in [1.29, 1.82) is 0 Å². The highest BCUT2D eigenvalue weighted by Crippen LogP contribution is 2.21. The first-order chi connectivity index (χ1) is 9.90. The molecule has 124 valence electrons. The summed E-state index contributed by atoms with van der Waals surface area (Å²) in [6, 6.07) is 0. The predicted molar refractivity (Wildman–Crippen MR) is 73.6 cm³/mol. The summed E-state index contributed by atoms with van der Waals surface area (Å²) in [4.78, 5) is 10.4. The number of aliphatic hydroxyl groups is 3. The van der Waals surface area contributed by atoms with Crippen LogP contribution in [0, 0.1) is 0 Å². The second kappa shape index (κ2) is 9.32. The van der Waals surface area contributed by atoms with Crippen molar-refractivity contribution in [2.45, 2.75) is 76.2 Å². The maximum absolute atomic E-state index is 10.4. The smallest absolute Gasteiger partial charge is 0.305 e. The van der Waals surface area contributed by atoms with Gasteiger partial charge in [-0.05, 0) is 19.8 Å². The van der Waals surface area contributed by atoms with Crippen molar-refractivity contribution in [2.24, 2.45) is 0 Å². The lowest BCUT2D eigenvalue weighted by molar-refractivity contribution is -0.261. The van der Waals surface area contributed by atoms with Crippen LogP contribution in [-0.4, -0.2) is 63.7 Å². The quantitative estimate of drug-likeness (QED) is 0.451. The van der Waals surface area contributed by atoms with E-state index in [1.807, 2.05) is 0 Å². The fraction of sp³-hybridized carbons (Fsp3) is 0.929. The minimum absolute atomic E-state index is 0.223. The molecule has 1 aliphatic rings. The van der Waals surface area contributed by atoms with Crippen LogP contribution in [0.5, 0.6) is 0 Å². The third kappa shape index (κ3) is 7.19. The number of carboxylic acid groups (broad SMARTS) is 1. The highest BCUT2D eigenvalue weighted by molar-refractivity contribution is 5.67. The van der Waals surface area contributed by atoms with Crippen molar-refractivity contribution in [1.82, 2.24) is 0 Å². The summed E-state index contributed by atoms with van der Waals surface area (Å²) in [5.74, 6) is -0.995. The van der Waals surface area contributed by atoms with Crippen LogP contribution >= 0.6 is 0 Å². The van der Waals surface area contributed by atoms with Crippen LogP contribution in [0.15, 0.2) is 0 Å². The monoisotopic (exact) mass is 306 g/mol. The van der Waals surface area contributed by atoms with Crippen LogP contribution in [0.3, 0.4) is 0 Å². The number of hydrogen-bond donors (Lipinski definition) is 4. The summed E-state index contributed by atoms with van der Waals surface area (Å²) in [5, 5.41) is 37.1. The lowest BCUT2D eigenvalue weighted by atomic mass is 10.0. The maximum Gasteiger partial charge on any atom is 0.305 e. The molecule has 0 unspecified atom stereocenters. The molecule has 1 rings (SSSR count). The Kier molecular flexibility index (Phi) is 8.13. The van der Waals surface area contributed by atoms with Crippen LogP contribution in [0.25, 0.3) is 0 Å². The van der Waals surface area contributed by atoms with Gasteiger partial charge in [0.15, 0.2) is 6.29 Å². The molecule has 0 bridgehead atoms. The predicted octanol–water partition coefficient (Wildman–Crippen LogP) is 0.256. The van der Waals surface area contributed by atoms with Crippen molar-refractivity contribution >= 4 is 5.97 Å². The molecule has 1 fully saturated rings. The largest absolute Gasteiger partial charge is 0.481 e. The van der Waals surface area contributed by atoms with E-state index in [2.05, 4.69) is 0 Å². The Hall–Kier alpha value is -0.730. The molecule has 0 spiro atoms. The minimum atomic E-state index is -0.995. The van der Waals surface area contributed by atoms with Crippen molar-refractivity contribution in [3.05, 3.63) is 0 Å². The Balaban J connectivity index is 2.05. The lowest BCUT2D eigenvalue weighted by Gasteiger charge is -2.35. The second-order valence-electron chi connectivity index (χ2n) is 5.55. The molecular formula is C14H26O7. The molecule has 0 aromatic carbocycles. The SMILES string of the molecule is C[C@@H]1O[C@@H](OCCCCC[C@@H](O)CC(=O)O)[C@H](O)C[C@H]1O. The molecule has 0 aromatic heterocycles. The van der Waals surface area contributed by atoms with Gasteiger partial charge in [0.2, 0.25) is 0 Å². The van der Waals surface area contributed by atoms with Crippen LogP contribution in [0.1, 0.15) is 45.4 Å². The van der Waals surface area contributed by atoms with Gasteiger partial charge in [0.25, 0.3) is 0 Å². The van der Waals surface area contributed by atoms with E-state index in [-0.39, 0.29) is 18.9 Å². The van der Waals surface area contributed by atoms with Crippen LogP contribution in [-0.2, 0) is 14.3 Å². The number of ether oxygens (including phenoxy) is 2. The zero-order valence-corrected chi connectivity index (χ0v) is 12.4. The Morgan fingerprint density at radius 3 is 2.67 bits per heavy atom. The Morgan fingerprint density at radius 1 is 1.29 bits per heavy atom.